The van der Waals surface area contributed by atoms with Crippen LogP contribution >= 0.6 is 0 Å². The van der Waals surface area contributed by atoms with E-state index in [-0.39, 0.29) is 24.0 Å². The van der Waals surface area contributed by atoms with Crippen molar-refractivity contribution in [2.75, 3.05) is 58.4 Å². The second-order valence-electron chi connectivity index (χ2n) is 10.2. The molecule has 0 unspecified atom stereocenters. The van der Waals surface area contributed by atoms with Gasteiger partial charge in [0.15, 0.2) is 17.3 Å². The molecule has 3 amide bonds. The van der Waals surface area contributed by atoms with Gasteiger partial charge in [-0.1, -0.05) is 13.3 Å². The van der Waals surface area contributed by atoms with Crippen LogP contribution in [0.25, 0.3) is 11.3 Å². The number of rotatable bonds is 9. The van der Waals surface area contributed by atoms with E-state index in [2.05, 4.69) is 27.3 Å². The molecule has 1 saturated heterocycles. The molecule has 10 heteroatoms. The van der Waals surface area contributed by atoms with Crippen molar-refractivity contribution in [3.05, 3.63) is 30.3 Å². The van der Waals surface area contributed by atoms with Crippen LogP contribution in [-0.2, 0) is 4.79 Å². The molecule has 0 bridgehead atoms. The number of urea groups is 1. The standard InChI is InChI=1S/C27H40N6O4/c1-7-8-13-33(26(35)28-27(2,3)4)19-25(34)32-16-14-31(15-17-32)24-12-10-21(29-30-24)20-9-11-22(36-5)23(18-20)37-6/h9-12,18H,7-8,13-17,19H2,1-6H3,(H,28,35). The van der Waals surface area contributed by atoms with Gasteiger partial charge in [0.1, 0.15) is 6.54 Å². The number of benzene rings is 1. The summed E-state index contributed by atoms with van der Waals surface area (Å²) < 4.78 is 10.7. The molecule has 0 spiro atoms. The Bertz CT molecular complexity index is 1050. The Morgan fingerprint density at radius 3 is 2.27 bits per heavy atom. The molecule has 37 heavy (non-hydrogen) atoms. The minimum absolute atomic E-state index is 0.0327. The Hall–Kier alpha value is -3.56. The van der Waals surface area contributed by atoms with Crippen LogP contribution in [0.5, 0.6) is 11.5 Å². The van der Waals surface area contributed by atoms with Crippen LogP contribution < -0.4 is 19.7 Å². The first kappa shape index (κ1) is 28.0. The normalized spacial score (nSPS) is 13.8. The highest BCUT2D eigenvalue weighted by Gasteiger charge is 2.26. The van der Waals surface area contributed by atoms with Gasteiger partial charge in [-0.05, 0) is 57.5 Å². The molecule has 0 atom stereocenters. The minimum atomic E-state index is -0.355. The summed E-state index contributed by atoms with van der Waals surface area (Å²) >= 11 is 0. The Labute approximate surface area is 219 Å². The Balaban J connectivity index is 1.58. The van der Waals surface area contributed by atoms with Crippen molar-refractivity contribution in [1.82, 2.24) is 25.3 Å². The zero-order valence-electron chi connectivity index (χ0n) is 22.9. The molecule has 3 rings (SSSR count). The van der Waals surface area contributed by atoms with Crippen LogP contribution in [0, 0.1) is 0 Å². The van der Waals surface area contributed by atoms with Crippen molar-refractivity contribution in [1.29, 1.82) is 0 Å². The molecule has 0 aliphatic carbocycles. The molecule has 202 valence electrons. The van der Waals surface area contributed by atoms with Gasteiger partial charge in [0.2, 0.25) is 5.91 Å². The number of amides is 3. The van der Waals surface area contributed by atoms with Gasteiger partial charge in [-0.25, -0.2) is 4.79 Å². The number of hydrogen-bond donors (Lipinski definition) is 1. The number of nitrogens with one attached hydrogen (secondary N) is 1. The molecule has 0 saturated carbocycles. The van der Waals surface area contributed by atoms with E-state index < -0.39 is 0 Å². The number of ether oxygens (including phenoxy) is 2. The molecule has 1 aromatic carbocycles. The van der Waals surface area contributed by atoms with E-state index in [4.69, 9.17) is 9.47 Å². The van der Waals surface area contributed by atoms with Crippen LogP contribution in [0.3, 0.4) is 0 Å². The van der Waals surface area contributed by atoms with Gasteiger partial charge in [-0.3, -0.25) is 4.79 Å². The molecule has 1 aliphatic heterocycles. The van der Waals surface area contributed by atoms with Crippen molar-refractivity contribution in [2.24, 2.45) is 0 Å². The second kappa shape index (κ2) is 12.6. The zero-order valence-corrected chi connectivity index (χ0v) is 22.9. The smallest absolute Gasteiger partial charge is 0.318 e. The number of unbranched alkanes of at least 4 members (excludes halogenated alkanes) is 1. The Morgan fingerprint density at radius 2 is 1.70 bits per heavy atom. The highest BCUT2D eigenvalue weighted by molar-refractivity contribution is 5.84. The van der Waals surface area contributed by atoms with Gasteiger partial charge in [-0.2, -0.15) is 0 Å². The SMILES string of the molecule is CCCCN(CC(=O)N1CCN(c2ccc(-c3ccc(OC)c(OC)c3)nn2)CC1)C(=O)NC(C)(C)C. The number of aromatic nitrogens is 2. The average Bonchev–Trinajstić information content (AvgIpc) is 2.89. The quantitative estimate of drug-likeness (QED) is 0.550. The highest BCUT2D eigenvalue weighted by atomic mass is 16.5. The topological polar surface area (TPSA) is 100 Å². The van der Waals surface area contributed by atoms with Crippen LogP contribution in [0.2, 0.25) is 0 Å². The van der Waals surface area contributed by atoms with E-state index in [1.165, 1.54) is 0 Å². The highest BCUT2D eigenvalue weighted by Crippen LogP contribution is 2.31. The number of anilines is 1. The second-order valence-corrected chi connectivity index (χ2v) is 10.2. The van der Waals surface area contributed by atoms with E-state index >= 15 is 0 Å². The third-order valence-corrected chi connectivity index (χ3v) is 6.16. The van der Waals surface area contributed by atoms with Crippen LogP contribution in [0.4, 0.5) is 10.6 Å². The van der Waals surface area contributed by atoms with Crippen molar-refractivity contribution >= 4 is 17.8 Å². The fourth-order valence-corrected chi connectivity index (χ4v) is 4.09. The Morgan fingerprint density at radius 1 is 1.00 bits per heavy atom. The van der Waals surface area contributed by atoms with Gasteiger partial charge >= 0.3 is 6.03 Å². The molecule has 1 aromatic heterocycles. The number of nitrogens with zero attached hydrogens (tertiary/aromatic N) is 5. The van der Waals surface area contributed by atoms with Crippen LogP contribution in [0.15, 0.2) is 30.3 Å². The maximum Gasteiger partial charge on any atom is 0.318 e. The maximum absolute atomic E-state index is 13.0. The van der Waals surface area contributed by atoms with Crippen molar-refractivity contribution < 1.29 is 19.1 Å². The number of piperazine rings is 1. The monoisotopic (exact) mass is 512 g/mol. The summed E-state index contributed by atoms with van der Waals surface area (Å²) in [6.07, 6.45) is 1.81. The van der Waals surface area contributed by atoms with E-state index in [9.17, 15) is 9.59 Å². The fraction of sp³-hybridized carbons (Fsp3) is 0.556. The summed E-state index contributed by atoms with van der Waals surface area (Å²) in [6.45, 7) is 11.0. The van der Waals surface area contributed by atoms with Gasteiger partial charge in [0.25, 0.3) is 0 Å². The summed E-state index contributed by atoms with van der Waals surface area (Å²) in [6, 6.07) is 9.31. The largest absolute Gasteiger partial charge is 0.493 e. The predicted octanol–water partition coefficient (Wildman–Crippen LogP) is 3.42. The molecule has 10 nitrogen and oxygen atoms in total. The van der Waals surface area contributed by atoms with E-state index in [0.29, 0.717) is 44.2 Å². The van der Waals surface area contributed by atoms with E-state index in [1.54, 1.807) is 19.1 Å². The molecule has 1 fully saturated rings. The fourth-order valence-electron chi connectivity index (χ4n) is 4.09. The van der Waals surface area contributed by atoms with Crippen molar-refractivity contribution in [3.8, 4) is 22.8 Å². The summed E-state index contributed by atoms with van der Waals surface area (Å²) in [7, 11) is 3.20. The predicted molar refractivity (Wildman–Crippen MR) is 144 cm³/mol. The first-order chi connectivity index (χ1) is 17.6. The molecular formula is C27H40N6O4. The van der Waals surface area contributed by atoms with Gasteiger partial charge < -0.3 is 29.5 Å². The van der Waals surface area contributed by atoms with E-state index in [1.807, 2.05) is 56.0 Å². The van der Waals surface area contributed by atoms with Crippen LogP contribution in [-0.4, -0.2) is 91.0 Å². The van der Waals surface area contributed by atoms with Crippen LogP contribution in [0.1, 0.15) is 40.5 Å². The summed E-state index contributed by atoms with van der Waals surface area (Å²) in [5.74, 6) is 2.03. The average molecular weight is 513 g/mol. The Kier molecular flexibility index (Phi) is 9.54. The molecular weight excluding hydrogens is 472 g/mol. The first-order valence-corrected chi connectivity index (χ1v) is 12.8. The number of hydrogen-bond acceptors (Lipinski definition) is 7. The lowest BCUT2D eigenvalue weighted by atomic mass is 10.1. The first-order valence-electron chi connectivity index (χ1n) is 12.8. The van der Waals surface area contributed by atoms with Crippen molar-refractivity contribution in [3.63, 3.8) is 0 Å². The van der Waals surface area contributed by atoms with Gasteiger partial charge in [0, 0.05) is 43.8 Å². The third-order valence-electron chi connectivity index (χ3n) is 6.16. The lowest BCUT2D eigenvalue weighted by molar-refractivity contribution is -0.132. The number of methoxy groups -OCH3 is 2. The molecule has 2 heterocycles. The van der Waals surface area contributed by atoms with Gasteiger partial charge in [0.05, 0.1) is 19.9 Å². The zero-order chi connectivity index (χ0) is 27.0. The van der Waals surface area contributed by atoms with E-state index in [0.717, 1.165) is 29.9 Å². The molecule has 1 aliphatic rings. The van der Waals surface area contributed by atoms with Gasteiger partial charge in [-0.15, -0.1) is 10.2 Å². The van der Waals surface area contributed by atoms with Crippen molar-refractivity contribution in [2.45, 2.75) is 46.1 Å². The molecule has 1 N–H and O–H groups in total. The molecule has 2 aromatic rings. The number of carbonyl (C=O) groups excluding carboxylic acids is 2. The maximum atomic E-state index is 13.0. The third kappa shape index (κ3) is 7.71. The lowest BCUT2D eigenvalue weighted by Gasteiger charge is -2.36. The number of carbonyl (C=O) groups is 2. The lowest BCUT2D eigenvalue weighted by Crippen LogP contribution is -2.54. The summed E-state index contributed by atoms with van der Waals surface area (Å²) in [5, 5.41) is 11.8. The summed E-state index contributed by atoms with van der Waals surface area (Å²) in [4.78, 5) is 31.3. The summed E-state index contributed by atoms with van der Waals surface area (Å²) in [5.41, 5.74) is 1.26. The minimum Gasteiger partial charge on any atom is -0.493 e. The molecule has 0 radical (unpaired) electrons.